The zero-order valence-electron chi connectivity index (χ0n) is 8.45. The molecule has 0 N–H and O–H groups in total. The number of hydrogen-bond acceptors (Lipinski definition) is 3. The van der Waals surface area contributed by atoms with Gasteiger partial charge in [0.1, 0.15) is 0 Å². The molecule has 0 amide bonds. The first-order valence-electron chi connectivity index (χ1n) is 4.43. The van der Waals surface area contributed by atoms with E-state index in [0.29, 0.717) is 10.7 Å². The topological polar surface area (TPSA) is 44.1 Å². The Morgan fingerprint density at radius 3 is 2.93 bits per heavy atom. The highest BCUT2D eigenvalue weighted by atomic mass is 35.5. The van der Waals surface area contributed by atoms with E-state index < -0.39 is 5.97 Å². The molecule has 5 heteroatoms. The van der Waals surface area contributed by atoms with E-state index in [1.165, 1.54) is 13.3 Å². The second-order valence-electron chi connectivity index (χ2n) is 3.03. The molecule has 0 aliphatic heterocycles. The Morgan fingerprint density at radius 2 is 2.43 bits per heavy atom. The molecule has 1 heterocycles. The minimum absolute atomic E-state index is 0.136. The van der Waals surface area contributed by atoms with Gasteiger partial charge in [0, 0.05) is 6.04 Å². The number of carbonyl (C=O) groups excluding carboxylic acids is 1. The Morgan fingerprint density at radius 1 is 1.79 bits per heavy atom. The van der Waals surface area contributed by atoms with Gasteiger partial charge in [-0.1, -0.05) is 18.5 Å². The van der Waals surface area contributed by atoms with Crippen LogP contribution in [0.4, 0.5) is 0 Å². The lowest BCUT2D eigenvalue weighted by Crippen LogP contribution is -2.15. The summed E-state index contributed by atoms with van der Waals surface area (Å²) in [7, 11) is 1.33. The van der Waals surface area contributed by atoms with Gasteiger partial charge in [-0.15, -0.1) is 0 Å². The van der Waals surface area contributed by atoms with Gasteiger partial charge in [0.2, 0.25) is 0 Å². The normalized spacial score (nSPS) is 12.6. The number of methoxy groups -OCH3 is 1. The largest absolute Gasteiger partial charge is 0.464 e. The number of esters is 1. The molecule has 0 fully saturated rings. The van der Waals surface area contributed by atoms with E-state index in [4.69, 9.17) is 11.6 Å². The highest BCUT2D eigenvalue weighted by Crippen LogP contribution is 2.21. The molecule has 0 saturated carbocycles. The predicted octanol–water partition coefficient (Wildman–Crippen LogP) is 2.29. The van der Waals surface area contributed by atoms with Gasteiger partial charge in [0.15, 0.2) is 5.69 Å². The van der Waals surface area contributed by atoms with Gasteiger partial charge in [-0.3, -0.25) is 4.68 Å². The van der Waals surface area contributed by atoms with Crippen LogP contribution in [-0.2, 0) is 4.74 Å². The zero-order chi connectivity index (χ0) is 10.7. The minimum atomic E-state index is -0.451. The molecule has 0 saturated heterocycles. The van der Waals surface area contributed by atoms with Crippen LogP contribution in [-0.4, -0.2) is 22.9 Å². The number of ether oxygens (including phenoxy) is 1. The number of nitrogens with zero attached hydrogens (tertiary/aromatic N) is 2. The Hall–Kier alpha value is -1.03. The van der Waals surface area contributed by atoms with Crippen LogP contribution in [0.3, 0.4) is 0 Å². The summed E-state index contributed by atoms with van der Waals surface area (Å²) in [6.45, 7) is 3.98. The van der Waals surface area contributed by atoms with E-state index in [9.17, 15) is 4.79 Å². The first-order valence-corrected chi connectivity index (χ1v) is 4.80. The molecule has 0 radical (unpaired) electrons. The van der Waals surface area contributed by atoms with Gasteiger partial charge < -0.3 is 4.74 Å². The highest BCUT2D eigenvalue weighted by Gasteiger charge is 2.20. The van der Waals surface area contributed by atoms with Gasteiger partial charge >= 0.3 is 5.97 Å². The second-order valence-corrected chi connectivity index (χ2v) is 3.44. The van der Waals surface area contributed by atoms with Crippen molar-refractivity contribution in [2.75, 3.05) is 7.11 Å². The van der Waals surface area contributed by atoms with Crippen LogP contribution in [0.25, 0.3) is 0 Å². The molecule has 0 bridgehead atoms. The van der Waals surface area contributed by atoms with Crippen molar-refractivity contribution in [2.24, 2.45) is 0 Å². The van der Waals surface area contributed by atoms with Crippen molar-refractivity contribution in [3.05, 3.63) is 16.9 Å². The fourth-order valence-electron chi connectivity index (χ4n) is 1.14. The summed E-state index contributed by atoms with van der Waals surface area (Å²) in [5, 5.41) is 4.37. The number of aromatic nitrogens is 2. The molecule has 4 nitrogen and oxygen atoms in total. The van der Waals surface area contributed by atoms with Crippen LogP contribution in [0.1, 0.15) is 36.8 Å². The third kappa shape index (κ3) is 1.90. The van der Waals surface area contributed by atoms with E-state index >= 15 is 0 Å². The van der Waals surface area contributed by atoms with Crippen LogP contribution in [0.5, 0.6) is 0 Å². The fraction of sp³-hybridized carbons (Fsp3) is 0.556. The van der Waals surface area contributed by atoms with Crippen LogP contribution >= 0.6 is 11.6 Å². The SMILES string of the molecule is CC[C@H](C)n1ncc(Cl)c1C(=O)OC. The summed E-state index contributed by atoms with van der Waals surface area (Å²) in [4.78, 5) is 11.4. The Labute approximate surface area is 87.8 Å². The molecule has 0 aliphatic carbocycles. The smallest absolute Gasteiger partial charge is 0.357 e. The summed E-state index contributed by atoms with van der Waals surface area (Å²) < 4.78 is 6.22. The standard InChI is InChI=1S/C9H13ClN2O2/c1-4-6(2)12-8(9(13)14-3)7(10)5-11-12/h5-6H,4H2,1-3H3/t6-/m0/s1. The lowest BCUT2D eigenvalue weighted by Gasteiger charge is -2.12. The average Bonchev–Trinajstić information content (AvgIpc) is 2.58. The first kappa shape index (κ1) is 11.0. The molecule has 1 aromatic rings. The van der Waals surface area contributed by atoms with E-state index in [1.54, 1.807) is 4.68 Å². The molecule has 1 atom stereocenters. The lowest BCUT2D eigenvalue weighted by atomic mass is 10.2. The van der Waals surface area contributed by atoms with Crippen molar-refractivity contribution in [3.63, 3.8) is 0 Å². The number of carbonyl (C=O) groups is 1. The van der Waals surface area contributed by atoms with E-state index in [0.717, 1.165) is 6.42 Å². The molecule has 0 aliphatic rings. The van der Waals surface area contributed by atoms with E-state index in [1.807, 2.05) is 13.8 Å². The Bertz CT molecular complexity index is 336. The Balaban J connectivity index is 3.12. The maximum Gasteiger partial charge on any atom is 0.357 e. The van der Waals surface area contributed by atoms with E-state index in [-0.39, 0.29) is 6.04 Å². The van der Waals surface area contributed by atoms with Crippen molar-refractivity contribution >= 4 is 17.6 Å². The number of halogens is 1. The lowest BCUT2D eigenvalue weighted by molar-refractivity contribution is 0.0584. The number of rotatable bonds is 3. The third-order valence-corrected chi connectivity index (χ3v) is 2.41. The molecule has 0 aromatic carbocycles. The maximum atomic E-state index is 11.4. The van der Waals surface area contributed by atoms with Gasteiger partial charge in [-0.25, -0.2) is 4.79 Å². The third-order valence-electron chi connectivity index (χ3n) is 2.14. The average molecular weight is 217 g/mol. The van der Waals surface area contributed by atoms with E-state index in [2.05, 4.69) is 9.84 Å². The Kier molecular flexibility index (Phi) is 3.52. The maximum absolute atomic E-state index is 11.4. The highest BCUT2D eigenvalue weighted by molar-refractivity contribution is 6.33. The summed E-state index contributed by atoms with van der Waals surface area (Å²) >= 11 is 5.84. The summed E-state index contributed by atoms with van der Waals surface area (Å²) in [6, 6.07) is 0.136. The van der Waals surface area contributed by atoms with Crippen molar-refractivity contribution in [3.8, 4) is 0 Å². The quantitative estimate of drug-likeness (QED) is 0.729. The molecule has 14 heavy (non-hydrogen) atoms. The number of hydrogen-bond donors (Lipinski definition) is 0. The molecular weight excluding hydrogens is 204 g/mol. The zero-order valence-corrected chi connectivity index (χ0v) is 9.21. The molecule has 0 spiro atoms. The van der Waals surface area contributed by atoms with Crippen molar-refractivity contribution < 1.29 is 9.53 Å². The van der Waals surface area contributed by atoms with Crippen LogP contribution in [0, 0.1) is 0 Å². The minimum Gasteiger partial charge on any atom is -0.464 e. The first-order chi connectivity index (χ1) is 6.61. The molecular formula is C9H13ClN2O2. The van der Waals surface area contributed by atoms with Crippen molar-refractivity contribution in [2.45, 2.75) is 26.3 Å². The summed E-state index contributed by atoms with van der Waals surface area (Å²) in [5.74, 6) is -0.451. The van der Waals surface area contributed by atoms with Crippen LogP contribution in [0.2, 0.25) is 5.02 Å². The second kappa shape index (κ2) is 4.46. The molecule has 78 valence electrons. The van der Waals surface area contributed by atoms with Gasteiger partial charge in [0.25, 0.3) is 0 Å². The van der Waals surface area contributed by atoms with Crippen LogP contribution < -0.4 is 0 Å². The molecule has 1 aromatic heterocycles. The van der Waals surface area contributed by atoms with Crippen molar-refractivity contribution in [1.29, 1.82) is 0 Å². The monoisotopic (exact) mass is 216 g/mol. The van der Waals surface area contributed by atoms with Gasteiger partial charge in [-0.05, 0) is 13.3 Å². The van der Waals surface area contributed by atoms with Crippen molar-refractivity contribution in [1.82, 2.24) is 9.78 Å². The summed E-state index contributed by atoms with van der Waals surface area (Å²) in [5.41, 5.74) is 0.323. The summed E-state index contributed by atoms with van der Waals surface area (Å²) in [6.07, 6.45) is 2.34. The molecule has 1 rings (SSSR count). The van der Waals surface area contributed by atoms with Gasteiger partial charge in [-0.2, -0.15) is 5.10 Å². The fourth-order valence-corrected chi connectivity index (χ4v) is 1.34. The van der Waals surface area contributed by atoms with Crippen LogP contribution in [0.15, 0.2) is 6.20 Å². The molecule has 0 unspecified atom stereocenters. The predicted molar refractivity (Wildman–Crippen MR) is 53.6 cm³/mol. The van der Waals surface area contributed by atoms with Gasteiger partial charge in [0.05, 0.1) is 18.3 Å².